The van der Waals surface area contributed by atoms with E-state index in [0.717, 1.165) is 51.4 Å². The summed E-state index contributed by atoms with van der Waals surface area (Å²) in [6.45, 7) is 4.02. The summed E-state index contributed by atoms with van der Waals surface area (Å²) < 4.78 is 22.2. The van der Waals surface area contributed by atoms with E-state index >= 15 is 0 Å². The molecule has 0 aliphatic rings. The molecule has 0 aromatic heterocycles. The predicted octanol–water partition coefficient (Wildman–Crippen LogP) is 15.4. The number of amides is 1. The van der Waals surface area contributed by atoms with Gasteiger partial charge in [0.1, 0.15) is 0 Å². The maximum Gasteiger partial charge on any atom is 0.472 e. The summed E-state index contributed by atoms with van der Waals surface area (Å²) in [5.74, 6) is -0.446. The van der Waals surface area contributed by atoms with Crippen LogP contribution in [0.2, 0.25) is 0 Å². The number of hydrogen-bond acceptors (Lipinski definition) is 7. The van der Waals surface area contributed by atoms with Gasteiger partial charge in [-0.1, -0.05) is 250 Å². The Morgan fingerprint density at radius 3 is 1.25 bits per heavy atom. The molecule has 0 spiro atoms. The van der Waals surface area contributed by atoms with E-state index in [2.05, 4.69) is 31.3 Å². The van der Waals surface area contributed by atoms with Gasteiger partial charge in [-0.25, -0.2) is 4.57 Å². The van der Waals surface area contributed by atoms with E-state index in [-0.39, 0.29) is 19.6 Å². The molecule has 9 nitrogen and oxygen atoms in total. The third kappa shape index (κ3) is 47.4. The first-order valence-corrected chi connectivity index (χ1v) is 29.0. The van der Waals surface area contributed by atoms with Gasteiger partial charge in [-0.15, -0.1) is 0 Å². The summed E-state index contributed by atoms with van der Waals surface area (Å²) in [7, 11) is -4.41. The van der Waals surface area contributed by atoms with E-state index < -0.39 is 38.6 Å². The van der Waals surface area contributed by atoms with E-state index in [9.17, 15) is 24.5 Å². The van der Waals surface area contributed by atoms with Gasteiger partial charge in [-0.3, -0.25) is 13.8 Å². The Kier molecular flexibility index (Phi) is 49.0. The fraction of sp³-hybridized carbons (Fsp3) is 0.907. The highest BCUT2D eigenvalue weighted by atomic mass is 31.2. The molecule has 0 saturated carbocycles. The zero-order chi connectivity index (χ0) is 46.9. The second-order valence-electron chi connectivity index (χ2n) is 19.0. The molecule has 0 bridgehead atoms. The topological polar surface area (TPSA) is 151 Å². The SMILES string of the molecule is CCCCCCCCCCCCCC/C=C\CCCCCCCC(O)CC(=O)NC(COP(=O)(O)OCCN)C(O)/C=C/CCCCCCCCCCCCCCCCCCCCC. The first-order valence-electron chi connectivity index (χ1n) is 27.5. The molecule has 0 radical (unpaired) electrons. The van der Waals surface area contributed by atoms with Crippen LogP contribution in [-0.4, -0.2) is 59.0 Å². The summed E-state index contributed by atoms with van der Waals surface area (Å²) in [5, 5.41) is 24.2. The van der Waals surface area contributed by atoms with Gasteiger partial charge in [0.15, 0.2) is 0 Å². The van der Waals surface area contributed by atoms with Crippen LogP contribution in [0.25, 0.3) is 0 Å². The third-order valence-corrected chi connectivity index (χ3v) is 13.6. The lowest BCUT2D eigenvalue weighted by molar-refractivity contribution is -0.124. The lowest BCUT2D eigenvalue weighted by atomic mass is 10.0. The molecule has 4 unspecified atom stereocenters. The molecule has 10 heteroatoms. The van der Waals surface area contributed by atoms with Gasteiger partial charge in [0.25, 0.3) is 0 Å². The van der Waals surface area contributed by atoms with E-state index in [1.165, 1.54) is 199 Å². The van der Waals surface area contributed by atoms with Crippen molar-refractivity contribution in [3.8, 4) is 0 Å². The Hall–Kier alpha value is -1.06. The fourth-order valence-electron chi connectivity index (χ4n) is 8.41. The van der Waals surface area contributed by atoms with Crippen molar-refractivity contribution in [3.05, 3.63) is 24.3 Å². The maximum atomic E-state index is 12.9. The quantitative estimate of drug-likeness (QED) is 0.0230. The molecule has 1 amide bonds. The largest absolute Gasteiger partial charge is 0.472 e. The number of hydrogen-bond donors (Lipinski definition) is 5. The zero-order valence-corrected chi connectivity index (χ0v) is 43.0. The van der Waals surface area contributed by atoms with Crippen molar-refractivity contribution in [2.45, 2.75) is 295 Å². The van der Waals surface area contributed by atoms with E-state index in [0.29, 0.717) is 6.42 Å². The Morgan fingerprint density at radius 1 is 0.531 bits per heavy atom. The van der Waals surface area contributed by atoms with Crippen molar-refractivity contribution < 1.29 is 33.5 Å². The van der Waals surface area contributed by atoms with Gasteiger partial charge in [-0.05, 0) is 44.9 Å². The monoisotopic (exact) mass is 927 g/mol. The number of allylic oxidation sites excluding steroid dienone is 3. The first-order chi connectivity index (χ1) is 31.3. The van der Waals surface area contributed by atoms with Crippen LogP contribution >= 0.6 is 7.82 Å². The van der Waals surface area contributed by atoms with Crippen LogP contribution in [0.3, 0.4) is 0 Å². The van der Waals surface area contributed by atoms with Crippen molar-refractivity contribution >= 4 is 13.7 Å². The lowest BCUT2D eigenvalue weighted by Crippen LogP contribution is -2.46. The lowest BCUT2D eigenvalue weighted by Gasteiger charge is -2.24. The number of phosphoric acid groups is 1. The Morgan fingerprint density at radius 2 is 0.875 bits per heavy atom. The van der Waals surface area contributed by atoms with Crippen molar-refractivity contribution in [1.29, 1.82) is 0 Å². The minimum absolute atomic E-state index is 0.0493. The summed E-state index contributed by atoms with van der Waals surface area (Å²) in [6.07, 6.45) is 57.1. The average Bonchev–Trinajstić information content (AvgIpc) is 3.28. The number of unbranched alkanes of at least 4 members (excludes halogenated alkanes) is 36. The van der Waals surface area contributed by atoms with Crippen LogP contribution < -0.4 is 11.1 Å². The van der Waals surface area contributed by atoms with E-state index in [1.54, 1.807) is 6.08 Å². The number of carbonyl (C=O) groups is 1. The van der Waals surface area contributed by atoms with Crippen LogP contribution in [0.1, 0.15) is 277 Å². The molecule has 0 aromatic rings. The van der Waals surface area contributed by atoms with Crippen LogP contribution in [0.4, 0.5) is 0 Å². The standard InChI is InChI=1S/C54H107N2O7P/c1-3-5-7-9-11-13-15-17-19-21-23-25-27-29-31-33-35-37-39-41-43-45-51(57)49-54(59)56-52(50-63-64(60,61)62-48-47-55)53(58)46-44-42-40-38-36-34-32-30-28-26-24-22-20-18-16-14-12-10-8-6-4-2/h29,31,44,46,51-53,57-58H,3-28,30,32-43,45,47-50,55H2,1-2H3,(H,56,59)(H,60,61)/b31-29-,46-44+. The van der Waals surface area contributed by atoms with Crippen molar-refractivity contribution in [1.82, 2.24) is 5.32 Å². The molecule has 0 aliphatic heterocycles. The Balaban J connectivity index is 4.15. The molecule has 64 heavy (non-hydrogen) atoms. The first kappa shape index (κ1) is 62.9. The van der Waals surface area contributed by atoms with Crippen molar-refractivity contribution in [2.75, 3.05) is 19.8 Å². The van der Waals surface area contributed by atoms with Crippen LogP contribution in [0, 0.1) is 0 Å². The Bertz CT molecular complexity index is 1080. The molecule has 0 aliphatic carbocycles. The van der Waals surface area contributed by atoms with Crippen molar-refractivity contribution in [3.63, 3.8) is 0 Å². The molecule has 380 valence electrons. The summed E-state index contributed by atoms with van der Waals surface area (Å²) >= 11 is 0. The highest BCUT2D eigenvalue weighted by molar-refractivity contribution is 7.47. The summed E-state index contributed by atoms with van der Waals surface area (Å²) in [5.41, 5.74) is 5.39. The highest BCUT2D eigenvalue weighted by Crippen LogP contribution is 2.43. The molecule has 6 N–H and O–H groups in total. The number of rotatable bonds is 52. The smallest absolute Gasteiger partial charge is 0.393 e. The average molecular weight is 927 g/mol. The number of nitrogens with two attached hydrogens (primary N) is 1. The van der Waals surface area contributed by atoms with Gasteiger partial charge >= 0.3 is 7.82 Å². The van der Waals surface area contributed by atoms with Crippen LogP contribution in [0.15, 0.2) is 24.3 Å². The number of phosphoric ester groups is 1. The molecule has 0 saturated heterocycles. The minimum Gasteiger partial charge on any atom is -0.393 e. The predicted molar refractivity (Wildman–Crippen MR) is 274 cm³/mol. The second kappa shape index (κ2) is 49.8. The summed E-state index contributed by atoms with van der Waals surface area (Å²) in [6, 6.07) is -0.985. The number of nitrogens with one attached hydrogen (secondary N) is 1. The molecular weight excluding hydrogens is 820 g/mol. The molecule has 0 fully saturated rings. The minimum atomic E-state index is -4.41. The molecule has 0 aromatic carbocycles. The molecule has 0 heterocycles. The Labute approximate surface area is 396 Å². The van der Waals surface area contributed by atoms with E-state index in [1.807, 2.05) is 6.08 Å². The number of aliphatic hydroxyl groups is 2. The van der Waals surface area contributed by atoms with Gasteiger partial charge in [0, 0.05) is 6.54 Å². The van der Waals surface area contributed by atoms with Gasteiger partial charge < -0.3 is 26.2 Å². The molecule has 0 rings (SSSR count). The molecular formula is C54H107N2O7P. The van der Waals surface area contributed by atoms with Gasteiger partial charge in [0.05, 0.1) is 37.9 Å². The van der Waals surface area contributed by atoms with E-state index in [4.69, 9.17) is 14.8 Å². The van der Waals surface area contributed by atoms with Crippen LogP contribution in [-0.2, 0) is 18.4 Å². The van der Waals surface area contributed by atoms with Crippen LogP contribution in [0.5, 0.6) is 0 Å². The second-order valence-corrected chi connectivity index (χ2v) is 20.4. The van der Waals surface area contributed by atoms with Crippen molar-refractivity contribution in [2.24, 2.45) is 5.73 Å². The maximum absolute atomic E-state index is 12.9. The zero-order valence-electron chi connectivity index (χ0n) is 42.2. The number of aliphatic hydroxyl groups excluding tert-OH is 2. The molecule has 4 atom stereocenters. The number of carbonyl (C=O) groups excluding carboxylic acids is 1. The fourth-order valence-corrected chi connectivity index (χ4v) is 9.17. The summed E-state index contributed by atoms with van der Waals surface area (Å²) in [4.78, 5) is 22.9. The van der Waals surface area contributed by atoms with Gasteiger partial charge in [-0.2, -0.15) is 0 Å². The highest BCUT2D eigenvalue weighted by Gasteiger charge is 2.27. The third-order valence-electron chi connectivity index (χ3n) is 12.6. The van der Waals surface area contributed by atoms with Gasteiger partial charge in [0.2, 0.25) is 5.91 Å². The normalized spacial score (nSPS) is 14.4.